The minimum absolute atomic E-state index is 0.110. The lowest BCUT2D eigenvalue weighted by Gasteiger charge is -2.14. The number of anilines is 1. The molecular formula is C19H21ClN4O5. The van der Waals surface area contributed by atoms with Gasteiger partial charge in [-0.3, -0.25) is 4.79 Å². The van der Waals surface area contributed by atoms with Crippen molar-refractivity contribution in [3.63, 3.8) is 0 Å². The molecule has 1 heterocycles. The van der Waals surface area contributed by atoms with Crippen LogP contribution < -0.4 is 27.1 Å². The second kappa shape index (κ2) is 9.24. The Hall–Kier alpha value is -3.33. The lowest BCUT2D eigenvalue weighted by Crippen LogP contribution is -2.55. The number of aromatic nitrogens is 3. The summed E-state index contributed by atoms with van der Waals surface area (Å²) in [6.07, 6.45) is 2.69. The van der Waals surface area contributed by atoms with Gasteiger partial charge in [0.25, 0.3) is 0 Å². The van der Waals surface area contributed by atoms with Crippen molar-refractivity contribution >= 4 is 23.2 Å². The molecule has 1 amide bonds. The minimum atomic E-state index is -0.908. The Bertz CT molecular complexity index is 1090. The van der Waals surface area contributed by atoms with E-state index in [2.05, 4.69) is 18.5 Å². The quantitative estimate of drug-likeness (QED) is 0.645. The Balaban J connectivity index is 2.48. The molecule has 9 nitrogen and oxygen atoms in total. The SMILES string of the molecule is C=CCn1c(=O)n(CC=C)c(=O)n(CC(=O)Nc2cc(C)c(Cl)cc2OC)c1=O. The van der Waals surface area contributed by atoms with E-state index in [0.29, 0.717) is 26.6 Å². The average Bonchev–Trinajstić information content (AvgIpc) is 2.68. The van der Waals surface area contributed by atoms with Crippen LogP contribution in [-0.4, -0.2) is 26.7 Å². The summed E-state index contributed by atoms with van der Waals surface area (Å²) in [4.78, 5) is 50.1. The number of hydrogen-bond donors (Lipinski definition) is 1. The zero-order chi connectivity index (χ0) is 21.7. The molecule has 0 spiro atoms. The predicted octanol–water partition coefficient (Wildman–Crippen LogP) is 1.15. The summed E-state index contributed by atoms with van der Waals surface area (Å²) in [5.41, 5.74) is -1.58. The van der Waals surface area contributed by atoms with Crippen molar-refractivity contribution in [2.45, 2.75) is 26.6 Å². The van der Waals surface area contributed by atoms with Crippen LogP contribution in [0.1, 0.15) is 5.56 Å². The number of amides is 1. The van der Waals surface area contributed by atoms with E-state index < -0.39 is 29.5 Å². The van der Waals surface area contributed by atoms with Crippen molar-refractivity contribution in [2.24, 2.45) is 0 Å². The van der Waals surface area contributed by atoms with Crippen LogP contribution in [0.3, 0.4) is 0 Å². The fourth-order valence-electron chi connectivity index (χ4n) is 2.65. The highest BCUT2D eigenvalue weighted by molar-refractivity contribution is 6.31. The summed E-state index contributed by atoms with van der Waals surface area (Å²) in [6, 6.07) is 3.15. The molecular weight excluding hydrogens is 400 g/mol. The number of hydrogen-bond acceptors (Lipinski definition) is 5. The molecule has 0 aliphatic carbocycles. The van der Waals surface area contributed by atoms with Crippen LogP contribution in [-0.2, 0) is 24.4 Å². The lowest BCUT2D eigenvalue weighted by atomic mass is 10.2. The van der Waals surface area contributed by atoms with Gasteiger partial charge in [-0.15, -0.1) is 13.2 Å². The first-order chi connectivity index (χ1) is 13.7. The molecule has 0 saturated heterocycles. The van der Waals surface area contributed by atoms with Gasteiger partial charge in [-0.25, -0.2) is 28.1 Å². The first-order valence-corrected chi connectivity index (χ1v) is 8.93. The first kappa shape index (κ1) is 22.0. The Morgan fingerprint density at radius 3 is 2.07 bits per heavy atom. The summed E-state index contributed by atoms with van der Waals surface area (Å²) in [7, 11) is 1.42. The zero-order valence-electron chi connectivity index (χ0n) is 16.1. The number of aryl methyl sites for hydroxylation is 1. The predicted molar refractivity (Wildman–Crippen MR) is 111 cm³/mol. The molecule has 29 heavy (non-hydrogen) atoms. The van der Waals surface area contributed by atoms with Crippen molar-refractivity contribution in [1.29, 1.82) is 0 Å². The van der Waals surface area contributed by atoms with E-state index in [1.54, 1.807) is 19.1 Å². The van der Waals surface area contributed by atoms with Gasteiger partial charge in [0.1, 0.15) is 12.3 Å². The van der Waals surface area contributed by atoms with E-state index in [0.717, 1.165) is 9.13 Å². The Kier molecular flexibility index (Phi) is 7.00. The van der Waals surface area contributed by atoms with Crippen molar-refractivity contribution in [3.05, 3.63) is 79.5 Å². The monoisotopic (exact) mass is 420 g/mol. The third-order valence-corrected chi connectivity index (χ3v) is 4.47. The highest BCUT2D eigenvalue weighted by Gasteiger charge is 2.17. The van der Waals surface area contributed by atoms with Crippen LogP contribution in [0.2, 0.25) is 5.02 Å². The summed E-state index contributed by atoms with van der Waals surface area (Å²) in [5.74, 6) is -0.333. The highest BCUT2D eigenvalue weighted by Crippen LogP contribution is 2.30. The number of benzene rings is 1. The molecule has 154 valence electrons. The molecule has 0 aliphatic rings. The van der Waals surface area contributed by atoms with E-state index in [1.165, 1.54) is 19.3 Å². The number of rotatable bonds is 8. The van der Waals surface area contributed by atoms with Crippen LogP contribution in [0.4, 0.5) is 5.69 Å². The van der Waals surface area contributed by atoms with E-state index >= 15 is 0 Å². The van der Waals surface area contributed by atoms with Gasteiger partial charge in [0.2, 0.25) is 5.91 Å². The second-order valence-corrected chi connectivity index (χ2v) is 6.49. The molecule has 2 rings (SSSR count). The Morgan fingerprint density at radius 2 is 1.59 bits per heavy atom. The summed E-state index contributed by atoms with van der Waals surface area (Å²) in [5, 5.41) is 3.05. The van der Waals surface area contributed by atoms with Crippen molar-refractivity contribution in [2.75, 3.05) is 12.4 Å². The molecule has 0 unspecified atom stereocenters. The minimum Gasteiger partial charge on any atom is -0.495 e. The third kappa shape index (κ3) is 4.57. The standard InChI is InChI=1S/C19H21ClN4O5/c1-5-7-22-17(26)23(8-6-2)19(28)24(18(22)27)11-16(25)21-14-9-12(3)13(20)10-15(14)29-4/h5-6,9-10H,1-2,7-8,11H2,3-4H3,(H,21,25). The molecule has 2 aromatic rings. The van der Waals surface area contributed by atoms with E-state index in [-0.39, 0.29) is 13.1 Å². The zero-order valence-corrected chi connectivity index (χ0v) is 16.9. The molecule has 1 aromatic carbocycles. The second-order valence-electron chi connectivity index (χ2n) is 6.08. The van der Waals surface area contributed by atoms with Gasteiger partial charge in [-0.1, -0.05) is 23.8 Å². The Labute approximate surface area is 171 Å². The maximum atomic E-state index is 12.6. The molecule has 0 radical (unpaired) electrons. The number of carbonyl (C=O) groups excluding carboxylic acids is 1. The maximum absolute atomic E-state index is 12.6. The first-order valence-electron chi connectivity index (χ1n) is 8.55. The molecule has 0 atom stereocenters. The molecule has 10 heteroatoms. The van der Waals surface area contributed by atoms with E-state index in [9.17, 15) is 19.2 Å². The number of nitrogens with one attached hydrogen (secondary N) is 1. The molecule has 0 aliphatic heterocycles. The number of carbonyl (C=O) groups is 1. The van der Waals surface area contributed by atoms with Crippen LogP contribution in [0, 0.1) is 6.92 Å². The Morgan fingerprint density at radius 1 is 1.07 bits per heavy atom. The van der Waals surface area contributed by atoms with Crippen LogP contribution in [0.15, 0.2) is 51.8 Å². The van der Waals surface area contributed by atoms with E-state index in [1.807, 2.05) is 0 Å². The molecule has 1 aromatic heterocycles. The number of methoxy groups -OCH3 is 1. The van der Waals surface area contributed by atoms with Gasteiger partial charge in [-0.2, -0.15) is 0 Å². The summed E-state index contributed by atoms with van der Waals surface area (Å²) >= 11 is 6.05. The molecule has 0 saturated carbocycles. The fraction of sp³-hybridized carbons (Fsp3) is 0.263. The average molecular weight is 421 g/mol. The van der Waals surface area contributed by atoms with Gasteiger partial charge in [-0.05, 0) is 18.6 Å². The van der Waals surface area contributed by atoms with Gasteiger partial charge >= 0.3 is 17.1 Å². The fourth-order valence-corrected chi connectivity index (χ4v) is 2.81. The van der Waals surface area contributed by atoms with Crippen LogP contribution in [0.25, 0.3) is 0 Å². The number of ether oxygens (including phenoxy) is 1. The number of nitrogens with zero attached hydrogens (tertiary/aromatic N) is 3. The normalized spacial score (nSPS) is 10.4. The van der Waals surface area contributed by atoms with Crippen molar-refractivity contribution in [3.8, 4) is 5.75 Å². The topological polar surface area (TPSA) is 104 Å². The lowest BCUT2D eigenvalue weighted by molar-refractivity contribution is -0.116. The number of allylic oxidation sites excluding steroid dienone is 2. The number of halogens is 1. The van der Waals surface area contributed by atoms with Crippen molar-refractivity contribution in [1.82, 2.24) is 13.7 Å². The smallest absolute Gasteiger partial charge is 0.337 e. The summed E-state index contributed by atoms with van der Waals surface area (Å²) < 4.78 is 7.51. The third-order valence-electron chi connectivity index (χ3n) is 4.07. The van der Waals surface area contributed by atoms with Gasteiger partial charge in [0, 0.05) is 11.1 Å². The maximum Gasteiger partial charge on any atom is 0.337 e. The molecule has 0 fully saturated rings. The van der Waals surface area contributed by atoms with Gasteiger partial charge in [0.05, 0.1) is 25.9 Å². The van der Waals surface area contributed by atoms with Crippen LogP contribution in [0.5, 0.6) is 5.75 Å². The van der Waals surface area contributed by atoms with E-state index in [4.69, 9.17) is 16.3 Å². The van der Waals surface area contributed by atoms with Gasteiger partial charge < -0.3 is 10.1 Å². The van der Waals surface area contributed by atoms with Crippen LogP contribution >= 0.6 is 11.6 Å². The van der Waals surface area contributed by atoms with Crippen molar-refractivity contribution < 1.29 is 9.53 Å². The van der Waals surface area contributed by atoms with Gasteiger partial charge in [0.15, 0.2) is 0 Å². The largest absolute Gasteiger partial charge is 0.495 e. The molecule has 1 N–H and O–H groups in total. The highest BCUT2D eigenvalue weighted by atomic mass is 35.5. The molecule has 0 bridgehead atoms. The summed E-state index contributed by atoms with van der Waals surface area (Å²) in [6.45, 7) is 7.93.